The lowest BCUT2D eigenvalue weighted by molar-refractivity contribution is -0.110. The number of benzene rings is 2. The van der Waals surface area contributed by atoms with Crippen molar-refractivity contribution in [3.63, 3.8) is 0 Å². The highest BCUT2D eigenvalue weighted by atomic mass is 16.2. The first kappa shape index (κ1) is 20.5. The summed E-state index contributed by atoms with van der Waals surface area (Å²) in [5.74, 6) is -0.391. The van der Waals surface area contributed by atoms with Gasteiger partial charge in [-0.15, -0.1) is 0 Å². The van der Waals surface area contributed by atoms with Crippen molar-refractivity contribution in [3.8, 4) is 0 Å². The summed E-state index contributed by atoms with van der Waals surface area (Å²) in [4.78, 5) is 28.7. The third kappa shape index (κ3) is 3.84. The molecule has 0 fully saturated rings. The molecule has 2 amide bonds. The number of fused-ring (bicyclic) bond motifs is 1. The summed E-state index contributed by atoms with van der Waals surface area (Å²) >= 11 is 0. The average molecular weight is 415 g/mol. The van der Waals surface area contributed by atoms with E-state index in [-0.39, 0.29) is 17.9 Å². The molecule has 0 saturated heterocycles. The van der Waals surface area contributed by atoms with Crippen LogP contribution in [0.5, 0.6) is 0 Å². The fourth-order valence-corrected chi connectivity index (χ4v) is 3.85. The number of aryl methyl sites for hydroxylation is 2. The zero-order valence-corrected chi connectivity index (χ0v) is 18.1. The van der Waals surface area contributed by atoms with Gasteiger partial charge in [0.15, 0.2) is 0 Å². The van der Waals surface area contributed by atoms with Crippen LogP contribution in [0.25, 0.3) is 11.6 Å². The van der Waals surface area contributed by atoms with E-state index in [0.717, 1.165) is 28.1 Å². The summed E-state index contributed by atoms with van der Waals surface area (Å²) < 4.78 is 0. The minimum absolute atomic E-state index is 0.136. The third-order valence-corrected chi connectivity index (χ3v) is 5.78. The Balaban J connectivity index is 1.63. The molecule has 158 valence electrons. The van der Waals surface area contributed by atoms with E-state index >= 15 is 0 Å². The second-order valence-corrected chi connectivity index (χ2v) is 8.08. The van der Waals surface area contributed by atoms with Crippen LogP contribution in [-0.2, 0) is 4.79 Å². The molecule has 0 radical (unpaired) electrons. The van der Waals surface area contributed by atoms with Crippen LogP contribution in [0, 0.1) is 20.8 Å². The minimum atomic E-state index is -0.203. The molecule has 2 heterocycles. The van der Waals surface area contributed by atoms with Crippen LogP contribution in [0.4, 0.5) is 11.4 Å². The lowest BCUT2D eigenvalue weighted by Gasteiger charge is -2.15. The molecule has 6 nitrogen and oxygen atoms in total. The topological polar surface area (TPSA) is 100 Å². The van der Waals surface area contributed by atoms with Crippen LogP contribution in [0.3, 0.4) is 0 Å². The predicted octanol–water partition coefficient (Wildman–Crippen LogP) is 4.51. The van der Waals surface area contributed by atoms with E-state index in [0.29, 0.717) is 28.1 Å². The van der Waals surface area contributed by atoms with E-state index in [1.54, 1.807) is 24.3 Å². The maximum Gasteiger partial charge on any atom is 0.256 e. The van der Waals surface area contributed by atoms with Gasteiger partial charge in [0.25, 0.3) is 11.8 Å². The summed E-state index contributed by atoms with van der Waals surface area (Å²) in [6.07, 6.45) is 1.79. The van der Waals surface area contributed by atoms with Gasteiger partial charge < -0.3 is 21.4 Å². The highest BCUT2D eigenvalue weighted by Gasteiger charge is 2.26. The summed E-state index contributed by atoms with van der Waals surface area (Å²) in [6.45, 7) is 7.79. The number of nitrogens with one attached hydrogen (secondary N) is 3. The molecular weight excluding hydrogens is 388 g/mol. The van der Waals surface area contributed by atoms with Gasteiger partial charge in [0.2, 0.25) is 0 Å². The Morgan fingerprint density at radius 2 is 1.90 bits per heavy atom. The molecule has 1 aromatic heterocycles. The number of nitrogen functional groups attached to an aromatic ring is 1. The Morgan fingerprint density at radius 1 is 1.13 bits per heavy atom. The number of carbonyl (C=O) groups excluding carboxylic acids is 2. The molecule has 0 spiro atoms. The van der Waals surface area contributed by atoms with E-state index in [9.17, 15) is 9.59 Å². The van der Waals surface area contributed by atoms with Gasteiger partial charge in [0.05, 0.1) is 17.3 Å². The molecule has 1 aliphatic heterocycles. The summed E-state index contributed by atoms with van der Waals surface area (Å²) in [5, 5.41) is 5.90. The van der Waals surface area contributed by atoms with E-state index < -0.39 is 0 Å². The molecule has 31 heavy (non-hydrogen) atoms. The van der Waals surface area contributed by atoms with Crippen LogP contribution in [0.1, 0.15) is 57.0 Å². The number of nitrogens with two attached hydrogens (primary N) is 1. The van der Waals surface area contributed by atoms with Crippen molar-refractivity contribution in [3.05, 3.63) is 81.7 Å². The quantitative estimate of drug-likeness (QED) is 0.473. The molecule has 0 saturated carbocycles. The van der Waals surface area contributed by atoms with E-state index in [4.69, 9.17) is 5.73 Å². The molecule has 5 N–H and O–H groups in total. The summed E-state index contributed by atoms with van der Waals surface area (Å²) in [7, 11) is 0. The first-order valence-electron chi connectivity index (χ1n) is 10.2. The SMILES string of the molecule is Cc1cccc([C@@H](C)NC(=O)c2ccc3c(c2)/C(=C/c2[nH]c(C)c(N)c2C)C(=O)N3)c1. The van der Waals surface area contributed by atoms with Gasteiger partial charge in [-0.1, -0.05) is 29.8 Å². The molecule has 0 unspecified atom stereocenters. The summed E-state index contributed by atoms with van der Waals surface area (Å²) in [5.41, 5.74) is 13.9. The smallest absolute Gasteiger partial charge is 0.256 e. The number of carbonyl (C=O) groups is 2. The van der Waals surface area contributed by atoms with Crippen LogP contribution in [0.15, 0.2) is 42.5 Å². The number of amides is 2. The number of hydrogen-bond acceptors (Lipinski definition) is 3. The molecule has 1 aliphatic rings. The van der Waals surface area contributed by atoms with Crippen molar-refractivity contribution in [2.75, 3.05) is 11.1 Å². The van der Waals surface area contributed by atoms with Crippen LogP contribution < -0.4 is 16.4 Å². The molecule has 2 aromatic carbocycles. The lowest BCUT2D eigenvalue weighted by Crippen LogP contribution is -2.26. The number of H-pyrrole nitrogens is 1. The number of hydrogen-bond donors (Lipinski definition) is 4. The Hall–Kier alpha value is -3.80. The fourth-order valence-electron chi connectivity index (χ4n) is 3.85. The van der Waals surface area contributed by atoms with Crippen molar-refractivity contribution >= 4 is 34.8 Å². The first-order valence-corrected chi connectivity index (χ1v) is 10.2. The zero-order chi connectivity index (χ0) is 22.3. The standard InChI is InChI=1S/C25H26N4O2/c1-13-6-5-7-17(10-13)15(3)28-24(30)18-8-9-21-19(11-18)20(25(31)29-21)12-22-14(2)23(26)16(4)27-22/h5-12,15,27H,26H2,1-4H3,(H,28,30)(H,29,31)/b20-12-/t15-/m1/s1. The third-order valence-electron chi connectivity index (χ3n) is 5.78. The number of aromatic amines is 1. The predicted molar refractivity (Wildman–Crippen MR) is 125 cm³/mol. The molecule has 6 heteroatoms. The second-order valence-electron chi connectivity index (χ2n) is 8.08. The fraction of sp³-hybridized carbons (Fsp3) is 0.200. The van der Waals surface area contributed by atoms with Gasteiger partial charge in [-0.3, -0.25) is 9.59 Å². The largest absolute Gasteiger partial charge is 0.397 e. The molecule has 0 aliphatic carbocycles. The van der Waals surface area contributed by atoms with E-state index in [1.807, 2.05) is 45.9 Å². The summed E-state index contributed by atoms with van der Waals surface area (Å²) in [6, 6.07) is 13.2. The van der Waals surface area contributed by atoms with Gasteiger partial charge in [-0.2, -0.15) is 0 Å². The monoisotopic (exact) mass is 414 g/mol. The van der Waals surface area contributed by atoms with Gasteiger partial charge in [0, 0.05) is 28.2 Å². The van der Waals surface area contributed by atoms with Gasteiger partial charge >= 0.3 is 0 Å². The van der Waals surface area contributed by atoms with Crippen LogP contribution in [-0.4, -0.2) is 16.8 Å². The number of anilines is 2. The molecule has 3 aromatic rings. The molecule has 0 bridgehead atoms. The van der Waals surface area contributed by atoms with Crippen molar-refractivity contribution < 1.29 is 9.59 Å². The minimum Gasteiger partial charge on any atom is -0.397 e. The highest BCUT2D eigenvalue weighted by Crippen LogP contribution is 2.35. The maximum atomic E-state index is 12.9. The number of rotatable bonds is 4. The van der Waals surface area contributed by atoms with Crippen molar-refractivity contribution in [1.29, 1.82) is 0 Å². The number of aromatic nitrogens is 1. The normalized spacial score (nSPS) is 15.0. The Kier molecular flexibility index (Phi) is 5.15. The van der Waals surface area contributed by atoms with Crippen LogP contribution >= 0.6 is 0 Å². The van der Waals surface area contributed by atoms with Crippen molar-refractivity contribution in [1.82, 2.24) is 10.3 Å². The molecular formula is C25H26N4O2. The van der Waals surface area contributed by atoms with Gasteiger partial charge in [0.1, 0.15) is 0 Å². The Bertz CT molecular complexity index is 1240. The average Bonchev–Trinajstić information content (AvgIpc) is 3.18. The van der Waals surface area contributed by atoms with Crippen molar-refractivity contribution in [2.45, 2.75) is 33.7 Å². The molecule has 4 rings (SSSR count). The molecule has 1 atom stereocenters. The highest BCUT2D eigenvalue weighted by molar-refractivity contribution is 6.35. The van der Waals surface area contributed by atoms with E-state index in [2.05, 4.69) is 21.7 Å². The lowest BCUT2D eigenvalue weighted by atomic mass is 10.0. The van der Waals surface area contributed by atoms with Crippen LogP contribution in [0.2, 0.25) is 0 Å². The van der Waals surface area contributed by atoms with Gasteiger partial charge in [-0.05, 0) is 63.1 Å². The second kappa shape index (κ2) is 7.80. The maximum absolute atomic E-state index is 12.9. The van der Waals surface area contributed by atoms with Gasteiger partial charge in [-0.25, -0.2) is 0 Å². The first-order chi connectivity index (χ1) is 14.7. The Labute approximate surface area is 181 Å². The Morgan fingerprint density at radius 3 is 2.58 bits per heavy atom. The van der Waals surface area contributed by atoms with E-state index in [1.165, 1.54) is 0 Å². The zero-order valence-electron chi connectivity index (χ0n) is 18.1. The van der Waals surface area contributed by atoms with Crippen molar-refractivity contribution in [2.24, 2.45) is 0 Å².